The number of aromatic carboxylic acids is 1. The van der Waals surface area contributed by atoms with Crippen LogP contribution in [0.15, 0.2) is 22.9 Å². The molecule has 0 bridgehead atoms. The van der Waals surface area contributed by atoms with Gasteiger partial charge in [-0.25, -0.2) is 4.79 Å². The van der Waals surface area contributed by atoms with Crippen LogP contribution in [0.5, 0.6) is 0 Å². The Morgan fingerprint density at radius 1 is 1.20 bits per heavy atom. The Morgan fingerprint density at radius 2 is 1.80 bits per heavy atom. The molecule has 1 aliphatic rings. The Morgan fingerprint density at radius 3 is 2.40 bits per heavy atom. The zero-order valence-electron chi connectivity index (χ0n) is 7.84. The molecule has 1 N–H and O–H groups in total. The van der Waals surface area contributed by atoms with Gasteiger partial charge in [0.05, 0.1) is 11.1 Å². The van der Waals surface area contributed by atoms with Gasteiger partial charge in [-0.05, 0) is 0 Å². The lowest BCUT2D eigenvalue weighted by Gasteiger charge is -2.14. The smallest absolute Gasteiger partial charge is 0.337 e. The van der Waals surface area contributed by atoms with Gasteiger partial charge in [0.2, 0.25) is 0 Å². The zero-order valence-corrected chi connectivity index (χ0v) is 8.66. The summed E-state index contributed by atoms with van der Waals surface area (Å²) in [6.45, 7) is 1.13. The van der Waals surface area contributed by atoms with E-state index in [0.29, 0.717) is 13.1 Å². The van der Waals surface area contributed by atoms with Crippen molar-refractivity contribution in [3.05, 3.63) is 34.0 Å². The maximum atomic E-state index is 11.9. The van der Waals surface area contributed by atoms with Crippen LogP contribution in [0.1, 0.15) is 20.7 Å². The van der Waals surface area contributed by atoms with E-state index in [0.717, 1.165) is 0 Å². The van der Waals surface area contributed by atoms with Gasteiger partial charge in [-0.2, -0.15) is 11.3 Å². The highest BCUT2D eigenvalue weighted by atomic mass is 32.1. The minimum Gasteiger partial charge on any atom is -0.478 e. The first-order valence-corrected chi connectivity index (χ1v) is 5.38. The first kappa shape index (κ1) is 9.92. The molecular formula is C10H9NO3S. The van der Waals surface area contributed by atoms with Crippen molar-refractivity contribution < 1.29 is 14.7 Å². The number of hydrogen-bond acceptors (Lipinski definition) is 3. The van der Waals surface area contributed by atoms with Gasteiger partial charge in [0.1, 0.15) is 0 Å². The highest BCUT2D eigenvalue weighted by Crippen LogP contribution is 2.18. The molecule has 2 rings (SSSR count). The fourth-order valence-corrected chi connectivity index (χ4v) is 2.24. The van der Waals surface area contributed by atoms with Crippen LogP contribution in [0.4, 0.5) is 0 Å². The molecule has 4 nitrogen and oxygen atoms in total. The molecule has 2 heterocycles. The minimum absolute atomic E-state index is 0.0944. The predicted molar refractivity (Wildman–Crippen MR) is 56.3 cm³/mol. The summed E-state index contributed by atoms with van der Waals surface area (Å²) in [6, 6.07) is 0. The highest BCUT2D eigenvalue weighted by molar-refractivity contribution is 7.08. The third-order valence-electron chi connectivity index (χ3n) is 2.23. The van der Waals surface area contributed by atoms with E-state index < -0.39 is 5.97 Å². The number of nitrogens with zero attached hydrogens (tertiary/aromatic N) is 1. The number of hydrogen-bond donors (Lipinski definition) is 1. The maximum absolute atomic E-state index is 11.9. The molecule has 1 amide bonds. The normalized spacial score (nSPS) is 14.5. The Bertz CT molecular complexity index is 428. The van der Waals surface area contributed by atoms with E-state index in [-0.39, 0.29) is 17.0 Å². The number of carbonyl (C=O) groups is 2. The largest absolute Gasteiger partial charge is 0.478 e. The van der Waals surface area contributed by atoms with Crippen LogP contribution in [0.3, 0.4) is 0 Å². The molecule has 5 heteroatoms. The quantitative estimate of drug-likeness (QED) is 0.772. The van der Waals surface area contributed by atoms with Crippen molar-refractivity contribution in [1.82, 2.24) is 4.90 Å². The minimum atomic E-state index is -1.05. The maximum Gasteiger partial charge on any atom is 0.337 e. The van der Waals surface area contributed by atoms with E-state index in [1.165, 1.54) is 16.7 Å². The van der Waals surface area contributed by atoms with Gasteiger partial charge in [0.15, 0.2) is 0 Å². The van der Waals surface area contributed by atoms with Gasteiger partial charge in [0, 0.05) is 23.8 Å². The van der Waals surface area contributed by atoms with E-state index in [4.69, 9.17) is 5.11 Å². The number of amides is 1. The Labute approximate surface area is 90.4 Å². The molecule has 0 aromatic carbocycles. The first-order chi connectivity index (χ1) is 7.20. The number of thiophene rings is 1. The lowest BCUT2D eigenvalue weighted by atomic mass is 10.2. The Hall–Kier alpha value is -1.62. The van der Waals surface area contributed by atoms with Crippen LogP contribution in [0, 0.1) is 0 Å². The van der Waals surface area contributed by atoms with Crippen molar-refractivity contribution in [3.63, 3.8) is 0 Å². The fraction of sp³-hybridized carbons (Fsp3) is 0.200. The Kier molecular flexibility index (Phi) is 2.55. The van der Waals surface area contributed by atoms with Crippen LogP contribution >= 0.6 is 11.3 Å². The monoisotopic (exact) mass is 223 g/mol. The zero-order chi connectivity index (χ0) is 10.8. The summed E-state index contributed by atoms with van der Waals surface area (Å²) in [5.41, 5.74) is 0.383. The summed E-state index contributed by atoms with van der Waals surface area (Å²) in [7, 11) is 0. The van der Waals surface area contributed by atoms with Crippen molar-refractivity contribution in [2.75, 3.05) is 13.1 Å². The van der Waals surface area contributed by atoms with Crippen molar-refractivity contribution in [2.24, 2.45) is 0 Å². The molecule has 0 radical (unpaired) electrons. The summed E-state index contributed by atoms with van der Waals surface area (Å²) in [5.74, 6) is -1.26. The predicted octanol–water partition coefficient (Wildman–Crippen LogP) is 1.46. The second-order valence-corrected chi connectivity index (χ2v) is 3.93. The van der Waals surface area contributed by atoms with Crippen molar-refractivity contribution in [3.8, 4) is 0 Å². The molecule has 0 atom stereocenters. The third-order valence-corrected chi connectivity index (χ3v) is 2.97. The highest BCUT2D eigenvalue weighted by Gasteiger charge is 2.22. The van der Waals surface area contributed by atoms with Crippen molar-refractivity contribution >= 4 is 23.2 Å². The van der Waals surface area contributed by atoms with Gasteiger partial charge in [-0.1, -0.05) is 12.2 Å². The lowest BCUT2D eigenvalue weighted by Crippen LogP contribution is -2.29. The van der Waals surface area contributed by atoms with Crippen LogP contribution in [-0.2, 0) is 0 Å². The molecule has 1 aromatic rings. The number of carbonyl (C=O) groups excluding carboxylic acids is 1. The molecule has 0 unspecified atom stereocenters. The summed E-state index contributed by atoms with van der Waals surface area (Å²) in [6.07, 6.45) is 3.79. The van der Waals surface area contributed by atoms with Crippen LogP contribution in [0.25, 0.3) is 0 Å². The van der Waals surface area contributed by atoms with E-state index in [1.807, 2.05) is 12.2 Å². The number of carboxylic acid groups (broad SMARTS) is 1. The van der Waals surface area contributed by atoms with Gasteiger partial charge < -0.3 is 10.0 Å². The summed E-state index contributed by atoms with van der Waals surface area (Å²) >= 11 is 1.23. The van der Waals surface area contributed by atoms with Crippen LogP contribution in [0.2, 0.25) is 0 Å². The van der Waals surface area contributed by atoms with Crippen molar-refractivity contribution in [2.45, 2.75) is 0 Å². The molecule has 0 spiro atoms. The van der Waals surface area contributed by atoms with Crippen molar-refractivity contribution in [1.29, 1.82) is 0 Å². The van der Waals surface area contributed by atoms with Gasteiger partial charge in [0.25, 0.3) is 5.91 Å². The lowest BCUT2D eigenvalue weighted by molar-refractivity contribution is 0.0683. The van der Waals surface area contributed by atoms with E-state index in [1.54, 1.807) is 10.3 Å². The molecule has 1 aromatic heterocycles. The summed E-state index contributed by atoms with van der Waals surface area (Å²) in [4.78, 5) is 24.3. The van der Waals surface area contributed by atoms with Crippen LogP contribution < -0.4 is 0 Å². The Balaban J connectivity index is 2.25. The molecule has 0 saturated carbocycles. The average Bonchev–Trinajstić information content (AvgIpc) is 2.88. The molecule has 78 valence electrons. The number of rotatable bonds is 2. The van der Waals surface area contributed by atoms with Crippen LogP contribution in [-0.4, -0.2) is 35.0 Å². The topological polar surface area (TPSA) is 57.6 Å². The average molecular weight is 223 g/mol. The van der Waals surface area contributed by atoms with Gasteiger partial charge >= 0.3 is 5.97 Å². The van der Waals surface area contributed by atoms with Gasteiger partial charge in [-0.3, -0.25) is 4.79 Å². The SMILES string of the molecule is O=C(O)c1cscc1C(=O)N1CC=CC1. The van der Waals surface area contributed by atoms with E-state index in [9.17, 15) is 9.59 Å². The molecule has 1 aliphatic heterocycles. The second-order valence-electron chi connectivity index (χ2n) is 3.19. The number of carboxylic acids is 1. The second kappa shape index (κ2) is 3.86. The van der Waals surface area contributed by atoms with Gasteiger partial charge in [-0.15, -0.1) is 0 Å². The summed E-state index contributed by atoms with van der Waals surface area (Å²) < 4.78 is 0. The molecular weight excluding hydrogens is 214 g/mol. The third kappa shape index (κ3) is 1.78. The molecule has 0 aliphatic carbocycles. The molecule has 15 heavy (non-hydrogen) atoms. The molecule has 0 saturated heterocycles. The standard InChI is InChI=1S/C10H9NO3S/c12-9(11-3-1-2-4-11)7-5-15-6-8(7)10(13)14/h1-2,5-6H,3-4H2,(H,13,14). The first-order valence-electron chi connectivity index (χ1n) is 4.44. The molecule has 0 fully saturated rings. The fourth-order valence-electron chi connectivity index (χ4n) is 1.44. The van der Waals surface area contributed by atoms with E-state index in [2.05, 4.69) is 0 Å². The van der Waals surface area contributed by atoms with E-state index >= 15 is 0 Å². The summed E-state index contributed by atoms with van der Waals surface area (Å²) in [5, 5.41) is 11.9.